The van der Waals surface area contributed by atoms with E-state index in [1.165, 1.54) is 5.56 Å². The summed E-state index contributed by atoms with van der Waals surface area (Å²) in [4.78, 5) is 30.5. The first kappa shape index (κ1) is 29.3. The van der Waals surface area contributed by atoms with Crippen molar-refractivity contribution in [3.63, 3.8) is 0 Å². The Bertz CT molecular complexity index is 1380. The summed E-state index contributed by atoms with van der Waals surface area (Å²) < 4.78 is 25.5. The molecule has 1 saturated heterocycles. The Morgan fingerprint density at radius 3 is 2.23 bits per heavy atom. The van der Waals surface area contributed by atoms with Gasteiger partial charge in [0.25, 0.3) is 0 Å². The van der Waals surface area contributed by atoms with Crippen molar-refractivity contribution in [1.29, 1.82) is 0 Å². The van der Waals surface area contributed by atoms with Gasteiger partial charge in [-0.05, 0) is 48.1 Å². The molecule has 2 unspecified atom stereocenters. The first-order valence-electron chi connectivity index (χ1n) is 13.6. The number of nitrogens with one attached hydrogen (secondary N) is 2. The lowest BCUT2D eigenvalue weighted by Gasteiger charge is -2.42. The fourth-order valence-corrected chi connectivity index (χ4v) is 5.79. The molecule has 3 aromatic rings. The summed E-state index contributed by atoms with van der Waals surface area (Å²) in [6, 6.07) is 27.0. The highest BCUT2D eigenvalue weighted by atomic mass is 32.2. The Labute approximate surface area is 237 Å². The van der Waals surface area contributed by atoms with Crippen LogP contribution in [0.15, 0.2) is 84.9 Å². The lowest BCUT2D eigenvalue weighted by Crippen LogP contribution is -2.57. The van der Waals surface area contributed by atoms with E-state index < -0.39 is 10.0 Å². The van der Waals surface area contributed by atoms with E-state index in [2.05, 4.69) is 46.1 Å². The van der Waals surface area contributed by atoms with Gasteiger partial charge in [0.2, 0.25) is 21.8 Å². The van der Waals surface area contributed by atoms with Crippen molar-refractivity contribution in [3.05, 3.63) is 96.1 Å². The Balaban J connectivity index is 1.38. The van der Waals surface area contributed by atoms with Gasteiger partial charge < -0.3 is 10.2 Å². The summed E-state index contributed by atoms with van der Waals surface area (Å²) in [5, 5.41) is 2.87. The molecule has 4 rings (SSSR count). The van der Waals surface area contributed by atoms with E-state index in [1.807, 2.05) is 41.3 Å². The van der Waals surface area contributed by atoms with E-state index in [0.717, 1.165) is 24.7 Å². The smallest absolute Gasteiger partial charge is 0.238 e. The van der Waals surface area contributed by atoms with Gasteiger partial charge in [0.05, 0.1) is 18.5 Å². The summed E-state index contributed by atoms with van der Waals surface area (Å²) in [6.45, 7) is 4.07. The predicted molar refractivity (Wildman–Crippen MR) is 160 cm³/mol. The molecule has 0 spiro atoms. The molecule has 2 atom stereocenters. The minimum Gasteiger partial charge on any atom is -0.337 e. The molecule has 0 aliphatic carbocycles. The maximum atomic E-state index is 13.5. The van der Waals surface area contributed by atoms with Crippen LogP contribution in [0.2, 0.25) is 0 Å². The zero-order valence-corrected chi connectivity index (χ0v) is 23.9. The zero-order chi connectivity index (χ0) is 28.5. The molecule has 9 heteroatoms. The van der Waals surface area contributed by atoms with E-state index >= 15 is 0 Å². The van der Waals surface area contributed by atoms with Crippen LogP contribution in [0.25, 0.3) is 0 Å². The summed E-state index contributed by atoms with van der Waals surface area (Å²) >= 11 is 0. The Kier molecular flexibility index (Phi) is 9.95. The molecule has 0 radical (unpaired) electrons. The highest BCUT2D eigenvalue weighted by Crippen LogP contribution is 2.21. The highest BCUT2D eigenvalue weighted by Gasteiger charge is 2.31. The number of benzene rings is 3. The first-order chi connectivity index (χ1) is 19.1. The van der Waals surface area contributed by atoms with Crippen molar-refractivity contribution in [2.45, 2.75) is 32.2 Å². The lowest BCUT2D eigenvalue weighted by molar-refractivity contribution is -0.137. The van der Waals surface area contributed by atoms with E-state index in [4.69, 9.17) is 0 Å². The normalized spacial score (nSPS) is 16.8. The zero-order valence-electron chi connectivity index (χ0n) is 23.1. The maximum absolute atomic E-state index is 13.5. The number of carbonyl (C=O) groups excluding carboxylic acids is 2. The minimum atomic E-state index is -3.42. The number of sulfonamides is 1. The Hall–Kier alpha value is -3.69. The van der Waals surface area contributed by atoms with Gasteiger partial charge >= 0.3 is 0 Å². The van der Waals surface area contributed by atoms with Gasteiger partial charge in [-0.3, -0.25) is 19.2 Å². The average molecular weight is 563 g/mol. The van der Waals surface area contributed by atoms with Crippen LogP contribution in [-0.2, 0) is 32.5 Å². The molecule has 2 amide bonds. The number of anilines is 2. The number of nitrogens with zero attached hydrogens (tertiary/aromatic N) is 2. The third-order valence-electron chi connectivity index (χ3n) is 6.97. The average Bonchev–Trinajstić information content (AvgIpc) is 2.89. The molecule has 1 heterocycles. The number of piperazine rings is 1. The summed E-state index contributed by atoms with van der Waals surface area (Å²) in [5.74, 6) is 0.193. The van der Waals surface area contributed by atoms with Crippen molar-refractivity contribution in [2.24, 2.45) is 5.92 Å². The molecule has 1 fully saturated rings. The van der Waals surface area contributed by atoms with Crippen LogP contribution in [0.4, 0.5) is 11.4 Å². The second kappa shape index (κ2) is 13.6. The molecular weight excluding hydrogens is 524 g/mol. The van der Waals surface area contributed by atoms with Gasteiger partial charge in [-0.2, -0.15) is 0 Å². The summed E-state index contributed by atoms with van der Waals surface area (Å²) in [7, 11) is -3.42. The van der Waals surface area contributed by atoms with E-state index in [-0.39, 0.29) is 30.3 Å². The molecule has 8 nitrogen and oxygen atoms in total. The highest BCUT2D eigenvalue weighted by molar-refractivity contribution is 7.92. The van der Waals surface area contributed by atoms with E-state index in [9.17, 15) is 18.0 Å². The van der Waals surface area contributed by atoms with Crippen molar-refractivity contribution >= 4 is 33.2 Å². The van der Waals surface area contributed by atoms with E-state index in [1.54, 1.807) is 24.3 Å². The second-order valence-electron chi connectivity index (χ2n) is 10.7. The third-order valence-corrected chi connectivity index (χ3v) is 7.57. The molecule has 1 aliphatic rings. The van der Waals surface area contributed by atoms with E-state index in [0.29, 0.717) is 37.4 Å². The second-order valence-corrected chi connectivity index (χ2v) is 12.4. The van der Waals surface area contributed by atoms with Crippen LogP contribution in [-0.4, -0.2) is 68.5 Å². The molecular formula is C31H38N4O4S. The largest absolute Gasteiger partial charge is 0.337 e. The predicted octanol–water partition coefficient (Wildman–Crippen LogP) is 4.02. The van der Waals surface area contributed by atoms with Crippen molar-refractivity contribution in [1.82, 2.24) is 9.80 Å². The molecule has 3 aromatic carbocycles. The van der Waals surface area contributed by atoms with Gasteiger partial charge in [0, 0.05) is 37.8 Å². The topological polar surface area (TPSA) is 98.8 Å². The number of carbonyl (C=O) groups is 2. The quantitative estimate of drug-likeness (QED) is 0.368. The summed E-state index contributed by atoms with van der Waals surface area (Å²) in [6.07, 6.45) is 3.14. The molecule has 212 valence electrons. The van der Waals surface area contributed by atoms with Gasteiger partial charge in [0.15, 0.2) is 0 Å². The molecule has 0 saturated carbocycles. The van der Waals surface area contributed by atoms with Crippen LogP contribution in [0.5, 0.6) is 0 Å². The fourth-order valence-electron chi connectivity index (χ4n) is 5.23. The summed E-state index contributed by atoms with van der Waals surface area (Å²) in [5.41, 5.74) is 3.29. The SMILES string of the molecule is CC(CC(=O)N1CCN(CC(=O)Nc2cccc(NS(C)(=O)=O)c2)CC1Cc1ccccc1)Cc1ccccc1. The number of hydrogen-bond donors (Lipinski definition) is 2. The first-order valence-corrected chi connectivity index (χ1v) is 15.5. The molecule has 0 aromatic heterocycles. The molecule has 2 N–H and O–H groups in total. The van der Waals surface area contributed by atoms with Gasteiger partial charge in [0.1, 0.15) is 0 Å². The number of rotatable bonds is 11. The van der Waals surface area contributed by atoms with Crippen LogP contribution in [0, 0.1) is 5.92 Å². The van der Waals surface area contributed by atoms with Crippen molar-refractivity contribution in [3.8, 4) is 0 Å². The fraction of sp³-hybridized carbons (Fsp3) is 0.355. The van der Waals surface area contributed by atoms with Crippen LogP contribution >= 0.6 is 0 Å². The van der Waals surface area contributed by atoms with Gasteiger partial charge in [-0.1, -0.05) is 73.7 Å². The van der Waals surface area contributed by atoms with Gasteiger partial charge in [-0.25, -0.2) is 8.42 Å². The molecule has 0 bridgehead atoms. The number of hydrogen-bond acceptors (Lipinski definition) is 5. The van der Waals surface area contributed by atoms with Crippen LogP contribution in [0.3, 0.4) is 0 Å². The monoisotopic (exact) mass is 562 g/mol. The Morgan fingerprint density at radius 1 is 0.900 bits per heavy atom. The third kappa shape index (κ3) is 9.20. The van der Waals surface area contributed by atoms with Crippen LogP contribution < -0.4 is 10.0 Å². The number of amides is 2. The Morgan fingerprint density at radius 2 is 1.55 bits per heavy atom. The standard InChI is InChI=1S/C31H38N4O4S/c1-24(18-25-10-5-3-6-11-25)19-31(37)35-17-16-34(22-29(35)20-26-12-7-4-8-13-26)23-30(36)32-27-14-9-15-28(21-27)33-40(2,38)39/h3-15,21,24,29,33H,16-20,22-23H2,1-2H3,(H,32,36). The molecule has 40 heavy (non-hydrogen) atoms. The van der Waals surface area contributed by atoms with Gasteiger partial charge in [-0.15, -0.1) is 0 Å². The van der Waals surface area contributed by atoms with Crippen molar-refractivity contribution < 1.29 is 18.0 Å². The van der Waals surface area contributed by atoms with Crippen molar-refractivity contribution in [2.75, 3.05) is 42.5 Å². The minimum absolute atomic E-state index is 0.0392. The lowest BCUT2D eigenvalue weighted by atomic mass is 9.96. The van der Waals surface area contributed by atoms with Crippen LogP contribution in [0.1, 0.15) is 24.5 Å². The maximum Gasteiger partial charge on any atom is 0.238 e. The molecule has 1 aliphatic heterocycles.